The van der Waals surface area contributed by atoms with Crippen LogP contribution in [0.15, 0.2) is 48.7 Å². The first-order valence-corrected chi connectivity index (χ1v) is 6.05. The molecule has 0 aliphatic heterocycles. The second-order valence-electron chi connectivity index (χ2n) is 4.79. The number of aryl methyl sites for hydroxylation is 1. The van der Waals surface area contributed by atoms with Crippen molar-refractivity contribution in [3.63, 3.8) is 0 Å². The summed E-state index contributed by atoms with van der Waals surface area (Å²) >= 11 is 0. The molecule has 3 rings (SSSR count). The summed E-state index contributed by atoms with van der Waals surface area (Å²) in [6.45, 7) is 2.06. The van der Waals surface area contributed by atoms with E-state index >= 15 is 0 Å². The summed E-state index contributed by atoms with van der Waals surface area (Å²) in [5.74, 6) is 0.969. The summed E-state index contributed by atoms with van der Waals surface area (Å²) in [6, 6.07) is 14.8. The normalized spacial score (nSPS) is 16.5. The highest BCUT2D eigenvalue weighted by Crippen LogP contribution is 2.47. The molecule has 0 atom stereocenters. The standard InChI is InChI=1S/C15H16N2/c1-12-7-8-14(16-11-12)17-15(9-10-15)13-5-3-2-4-6-13/h2-8,11H,9-10H2,1H3,(H,16,17). The van der Waals surface area contributed by atoms with Gasteiger partial charge in [-0.2, -0.15) is 0 Å². The van der Waals surface area contributed by atoms with Gasteiger partial charge in [0, 0.05) is 6.20 Å². The van der Waals surface area contributed by atoms with E-state index < -0.39 is 0 Å². The molecule has 2 heteroatoms. The van der Waals surface area contributed by atoms with Crippen molar-refractivity contribution in [1.82, 2.24) is 4.98 Å². The Kier molecular flexibility index (Phi) is 2.36. The van der Waals surface area contributed by atoms with Gasteiger partial charge in [0.05, 0.1) is 5.54 Å². The zero-order valence-electron chi connectivity index (χ0n) is 9.98. The van der Waals surface area contributed by atoms with E-state index in [0.717, 1.165) is 5.82 Å². The number of hydrogen-bond donors (Lipinski definition) is 1. The molecule has 1 aromatic carbocycles. The molecule has 1 aliphatic carbocycles. The van der Waals surface area contributed by atoms with Crippen LogP contribution in [0, 0.1) is 6.92 Å². The molecule has 0 amide bonds. The van der Waals surface area contributed by atoms with Crippen molar-refractivity contribution in [1.29, 1.82) is 0 Å². The van der Waals surface area contributed by atoms with Crippen molar-refractivity contribution >= 4 is 5.82 Å². The number of benzene rings is 1. The Morgan fingerprint density at radius 2 is 1.82 bits per heavy atom. The molecule has 0 radical (unpaired) electrons. The van der Waals surface area contributed by atoms with Gasteiger partial charge < -0.3 is 5.32 Å². The molecule has 0 bridgehead atoms. The van der Waals surface area contributed by atoms with E-state index in [1.807, 2.05) is 6.20 Å². The zero-order valence-corrected chi connectivity index (χ0v) is 9.98. The lowest BCUT2D eigenvalue weighted by Crippen LogP contribution is -2.19. The fourth-order valence-electron chi connectivity index (χ4n) is 2.15. The number of anilines is 1. The Hall–Kier alpha value is -1.83. The van der Waals surface area contributed by atoms with Crippen molar-refractivity contribution in [3.05, 3.63) is 59.8 Å². The van der Waals surface area contributed by atoms with Crippen LogP contribution in [-0.4, -0.2) is 4.98 Å². The lowest BCUT2D eigenvalue weighted by Gasteiger charge is -2.18. The number of hydrogen-bond acceptors (Lipinski definition) is 2. The third-order valence-corrected chi connectivity index (χ3v) is 3.36. The second-order valence-corrected chi connectivity index (χ2v) is 4.79. The van der Waals surface area contributed by atoms with Gasteiger partial charge in [0.2, 0.25) is 0 Å². The number of nitrogens with one attached hydrogen (secondary N) is 1. The molecular weight excluding hydrogens is 208 g/mol. The van der Waals surface area contributed by atoms with E-state index in [-0.39, 0.29) is 5.54 Å². The Morgan fingerprint density at radius 3 is 2.41 bits per heavy atom. The maximum absolute atomic E-state index is 4.42. The topological polar surface area (TPSA) is 24.9 Å². The van der Waals surface area contributed by atoms with Crippen molar-refractivity contribution in [2.45, 2.75) is 25.3 Å². The molecule has 1 aromatic heterocycles. The van der Waals surface area contributed by atoms with Gasteiger partial charge in [-0.05, 0) is 37.0 Å². The lowest BCUT2D eigenvalue weighted by atomic mass is 10.1. The molecule has 2 nitrogen and oxygen atoms in total. The van der Waals surface area contributed by atoms with E-state index in [4.69, 9.17) is 0 Å². The third kappa shape index (κ3) is 2.03. The summed E-state index contributed by atoms with van der Waals surface area (Å²) in [6.07, 6.45) is 4.28. The summed E-state index contributed by atoms with van der Waals surface area (Å²) in [7, 11) is 0. The summed E-state index contributed by atoms with van der Waals surface area (Å²) in [5.41, 5.74) is 2.69. The molecule has 86 valence electrons. The van der Waals surface area contributed by atoms with Gasteiger partial charge in [-0.3, -0.25) is 0 Å². The predicted octanol–water partition coefficient (Wildman–Crippen LogP) is 3.49. The first kappa shape index (κ1) is 10.3. The van der Waals surface area contributed by atoms with E-state index in [1.165, 1.54) is 24.0 Å². The molecule has 17 heavy (non-hydrogen) atoms. The highest BCUT2D eigenvalue weighted by Gasteiger charge is 2.44. The molecule has 1 fully saturated rings. The quantitative estimate of drug-likeness (QED) is 0.863. The van der Waals surface area contributed by atoms with Crippen molar-refractivity contribution in [3.8, 4) is 0 Å². The van der Waals surface area contributed by atoms with Crippen LogP contribution in [0.25, 0.3) is 0 Å². The SMILES string of the molecule is Cc1ccc(NC2(c3ccccc3)CC2)nc1. The fourth-order valence-corrected chi connectivity index (χ4v) is 2.15. The van der Waals surface area contributed by atoms with E-state index in [0.29, 0.717) is 0 Å². The number of rotatable bonds is 3. The van der Waals surface area contributed by atoms with Crippen LogP contribution in [0.3, 0.4) is 0 Å². The van der Waals surface area contributed by atoms with Gasteiger partial charge in [-0.1, -0.05) is 36.4 Å². The van der Waals surface area contributed by atoms with Crippen LogP contribution < -0.4 is 5.32 Å². The monoisotopic (exact) mass is 224 g/mol. The highest BCUT2D eigenvalue weighted by atomic mass is 15.1. The van der Waals surface area contributed by atoms with Gasteiger partial charge in [-0.25, -0.2) is 4.98 Å². The summed E-state index contributed by atoms with van der Waals surface area (Å²) < 4.78 is 0. The number of pyridine rings is 1. The zero-order chi connectivity index (χ0) is 11.7. The number of nitrogens with zero attached hydrogens (tertiary/aromatic N) is 1. The molecule has 0 spiro atoms. The molecule has 0 unspecified atom stereocenters. The molecule has 1 heterocycles. The Balaban J connectivity index is 1.83. The average Bonchev–Trinajstić information content (AvgIpc) is 3.15. The largest absolute Gasteiger partial charge is 0.361 e. The van der Waals surface area contributed by atoms with Gasteiger partial charge in [0.25, 0.3) is 0 Å². The van der Waals surface area contributed by atoms with Crippen molar-refractivity contribution < 1.29 is 0 Å². The maximum Gasteiger partial charge on any atom is 0.126 e. The molecule has 1 N–H and O–H groups in total. The Labute approximate surface area is 102 Å². The number of aromatic nitrogens is 1. The van der Waals surface area contributed by atoms with Crippen LogP contribution in [0.2, 0.25) is 0 Å². The predicted molar refractivity (Wildman–Crippen MR) is 70.0 cm³/mol. The minimum absolute atomic E-state index is 0.128. The molecule has 1 aliphatic rings. The van der Waals surface area contributed by atoms with Gasteiger partial charge in [0.15, 0.2) is 0 Å². The van der Waals surface area contributed by atoms with E-state index in [1.54, 1.807) is 0 Å². The van der Waals surface area contributed by atoms with Crippen LogP contribution >= 0.6 is 0 Å². The smallest absolute Gasteiger partial charge is 0.126 e. The van der Waals surface area contributed by atoms with Gasteiger partial charge in [-0.15, -0.1) is 0 Å². The van der Waals surface area contributed by atoms with Gasteiger partial charge >= 0.3 is 0 Å². The van der Waals surface area contributed by atoms with E-state index in [9.17, 15) is 0 Å². The fraction of sp³-hybridized carbons (Fsp3) is 0.267. The average molecular weight is 224 g/mol. The van der Waals surface area contributed by atoms with E-state index in [2.05, 4.69) is 59.7 Å². The molecule has 2 aromatic rings. The van der Waals surface area contributed by atoms with Crippen molar-refractivity contribution in [2.75, 3.05) is 5.32 Å². The van der Waals surface area contributed by atoms with Crippen LogP contribution in [0.1, 0.15) is 24.0 Å². The van der Waals surface area contributed by atoms with Gasteiger partial charge in [0.1, 0.15) is 5.82 Å². The van der Waals surface area contributed by atoms with Crippen LogP contribution in [-0.2, 0) is 5.54 Å². The highest BCUT2D eigenvalue weighted by molar-refractivity contribution is 5.46. The maximum atomic E-state index is 4.42. The molecule has 0 saturated heterocycles. The first-order valence-electron chi connectivity index (χ1n) is 6.05. The third-order valence-electron chi connectivity index (χ3n) is 3.36. The van der Waals surface area contributed by atoms with Crippen LogP contribution in [0.4, 0.5) is 5.82 Å². The summed E-state index contributed by atoms with van der Waals surface area (Å²) in [4.78, 5) is 4.42. The Bertz CT molecular complexity index is 498. The van der Waals surface area contributed by atoms with Crippen LogP contribution in [0.5, 0.6) is 0 Å². The molecule has 1 saturated carbocycles. The first-order chi connectivity index (χ1) is 8.28. The molecular formula is C15H16N2. The minimum atomic E-state index is 0.128. The minimum Gasteiger partial charge on any atom is -0.361 e. The Morgan fingerprint density at radius 1 is 1.06 bits per heavy atom. The second kappa shape index (κ2) is 3.88. The van der Waals surface area contributed by atoms with Crippen molar-refractivity contribution in [2.24, 2.45) is 0 Å². The lowest BCUT2D eigenvalue weighted by molar-refractivity contribution is 0.800. The summed E-state index contributed by atoms with van der Waals surface area (Å²) in [5, 5.41) is 3.56.